The van der Waals surface area contributed by atoms with Gasteiger partial charge in [0, 0.05) is 21.9 Å². The van der Waals surface area contributed by atoms with Crippen LogP contribution in [0.5, 0.6) is 0 Å². The van der Waals surface area contributed by atoms with Crippen LogP contribution >= 0.6 is 15.9 Å². The number of hydrogen-bond donors (Lipinski definition) is 0. The third-order valence-corrected chi connectivity index (χ3v) is 4.42. The van der Waals surface area contributed by atoms with Gasteiger partial charge in [0.2, 0.25) is 0 Å². The largest absolute Gasteiger partial charge is 0.394 e. The first kappa shape index (κ1) is 20.5. The molecule has 1 aromatic carbocycles. The first-order valence-corrected chi connectivity index (χ1v) is 8.71. The Morgan fingerprint density at radius 3 is 2.27 bits per heavy atom. The van der Waals surface area contributed by atoms with Gasteiger partial charge in [0.05, 0.1) is 11.1 Å². The van der Waals surface area contributed by atoms with E-state index in [1.807, 2.05) is 20.8 Å². The van der Waals surface area contributed by atoms with Crippen LogP contribution in [0.25, 0.3) is 5.69 Å². The van der Waals surface area contributed by atoms with E-state index in [-0.39, 0.29) is 11.0 Å². The summed E-state index contributed by atoms with van der Waals surface area (Å²) in [6.45, 7) is 7.84. The Balaban J connectivity index is 2.43. The maximum absolute atomic E-state index is 13.1. The van der Waals surface area contributed by atoms with Gasteiger partial charge in [-0.1, -0.05) is 50.5 Å². The summed E-state index contributed by atoms with van der Waals surface area (Å²) in [6, 6.07) is 4.71. The predicted octanol–water partition coefficient (Wildman–Crippen LogP) is 4.88. The lowest BCUT2D eigenvalue weighted by Gasteiger charge is -2.27. The highest BCUT2D eigenvalue weighted by molar-refractivity contribution is 9.10. The molecular weight excluding hydrogens is 413 g/mol. The number of rotatable bonds is 4. The fraction of sp³-hybridized carbons (Fsp3) is 0.529. The van der Waals surface area contributed by atoms with E-state index in [9.17, 15) is 18.0 Å². The van der Waals surface area contributed by atoms with Gasteiger partial charge in [0.25, 0.3) is 0 Å². The molecule has 2 rings (SSSR count). The number of aromatic nitrogens is 4. The molecule has 0 saturated carbocycles. The van der Waals surface area contributed by atoms with Crippen molar-refractivity contribution in [3.63, 3.8) is 0 Å². The Labute approximate surface area is 158 Å². The second kappa shape index (κ2) is 6.75. The van der Waals surface area contributed by atoms with Crippen molar-refractivity contribution in [2.45, 2.75) is 52.6 Å². The number of halogens is 4. The van der Waals surface area contributed by atoms with Crippen LogP contribution in [0.1, 0.15) is 57.2 Å². The normalized spacial score (nSPS) is 13.1. The molecule has 0 N–H and O–H groups in total. The van der Waals surface area contributed by atoms with Crippen molar-refractivity contribution in [3.8, 4) is 5.69 Å². The Morgan fingerprint density at radius 2 is 1.73 bits per heavy atom. The Hall–Kier alpha value is -1.77. The first-order valence-electron chi connectivity index (χ1n) is 7.92. The molecule has 1 heterocycles. The van der Waals surface area contributed by atoms with Gasteiger partial charge in [0.1, 0.15) is 0 Å². The van der Waals surface area contributed by atoms with Crippen LogP contribution in [0, 0.1) is 5.41 Å². The minimum absolute atomic E-state index is 0.169. The number of alkyl halides is 3. The lowest BCUT2D eigenvalue weighted by molar-refractivity contribution is -0.209. The second-order valence-corrected chi connectivity index (χ2v) is 8.76. The SMILES string of the molecule is CC(C)(C)c1nnnn1-c1cc(Br)cc(C(=O)CC(C)(C)C(F)(F)F)c1. The lowest BCUT2D eigenvalue weighted by Crippen LogP contribution is -2.34. The van der Waals surface area contributed by atoms with Crippen LogP contribution < -0.4 is 0 Å². The van der Waals surface area contributed by atoms with E-state index in [4.69, 9.17) is 0 Å². The summed E-state index contributed by atoms with van der Waals surface area (Å²) >= 11 is 3.30. The van der Waals surface area contributed by atoms with E-state index >= 15 is 0 Å². The molecular formula is C17H20BrF3N4O. The van der Waals surface area contributed by atoms with Crippen molar-refractivity contribution in [1.29, 1.82) is 0 Å². The molecule has 0 aliphatic heterocycles. The fourth-order valence-electron chi connectivity index (χ4n) is 2.29. The van der Waals surface area contributed by atoms with Crippen LogP contribution in [0.15, 0.2) is 22.7 Å². The van der Waals surface area contributed by atoms with Gasteiger partial charge in [-0.2, -0.15) is 17.9 Å². The van der Waals surface area contributed by atoms with Crippen LogP contribution in [-0.4, -0.2) is 32.2 Å². The van der Waals surface area contributed by atoms with Gasteiger partial charge < -0.3 is 0 Å². The highest BCUT2D eigenvalue weighted by atomic mass is 79.9. The number of carbonyl (C=O) groups is 1. The van der Waals surface area contributed by atoms with Crippen molar-refractivity contribution in [3.05, 3.63) is 34.1 Å². The standard InChI is InChI=1S/C17H20BrF3N4O/c1-15(2,3)14-22-23-24-25(14)12-7-10(6-11(18)8-12)13(26)9-16(4,5)17(19,20)21/h6-8H,9H2,1-5H3. The monoisotopic (exact) mass is 432 g/mol. The molecule has 0 atom stereocenters. The molecule has 0 amide bonds. The van der Waals surface area contributed by atoms with E-state index in [1.165, 1.54) is 16.8 Å². The van der Waals surface area contributed by atoms with Crippen LogP contribution in [0.3, 0.4) is 0 Å². The summed E-state index contributed by atoms with van der Waals surface area (Å²) < 4.78 is 41.3. The smallest absolute Gasteiger partial charge is 0.294 e. The number of ketones is 1. The molecule has 9 heteroatoms. The highest BCUT2D eigenvalue weighted by Gasteiger charge is 2.48. The molecule has 0 aliphatic rings. The summed E-state index contributed by atoms with van der Waals surface area (Å²) in [5.41, 5.74) is -1.80. The maximum atomic E-state index is 13.1. The van der Waals surface area contributed by atoms with Gasteiger partial charge in [-0.25, -0.2) is 0 Å². The summed E-state index contributed by atoms with van der Waals surface area (Å²) in [5, 5.41) is 11.6. The molecule has 5 nitrogen and oxygen atoms in total. The average Bonchev–Trinajstić information content (AvgIpc) is 2.94. The summed E-state index contributed by atoms with van der Waals surface area (Å²) in [6.07, 6.45) is -5.11. The molecule has 0 unspecified atom stereocenters. The first-order chi connectivity index (χ1) is 11.7. The summed E-state index contributed by atoms with van der Waals surface area (Å²) in [7, 11) is 0. The van der Waals surface area contributed by atoms with Crippen LogP contribution in [0.4, 0.5) is 13.2 Å². The van der Waals surface area contributed by atoms with Crippen molar-refractivity contribution in [2.75, 3.05) is 0 Å². The molecule has 0 spiro atoms. The quantitative estimate of drug-likeness (QED) is 0.645. The summed E-state index contributed by atoms with van der Waals surface area (Å²) in [5.74, 6) is -0.0233. The van der Waals surface area contributed by atoms with E-state index in [1.54, 1.807) is 6.07 Å². The number of nitrogens with zero attached hydrogens (tertiary/aromatic N) is 4. The zero-order valence-corrected chi connectivity index (χ0v) is 16.7. The van der Waals surface area contributed by atoms with Crippen molar-refractivity contribution in [1.82, 2.24) is 20.2 Å². The Kier molecular flexibility index (Phi) is 5.34. The van der Waals surface area contributed by atoms with E-state index in [0.29, 0.717) is 16.0 Å². The number of tetrazole rings is 1. The number of carbonyl (C=O) groups excluding carboxylic acids is 1. The van der Waals surface area contributed by atoms with Gasteiger partial charge >= 0.3 is 6.18 Å². The minimum Gasteiger partial charge on any atom is -0.294 e. The molecule has 0 fully saturated rings. The minimum atomic E-state index is -4.47. The van der Waals surface area contributed by atoms with Crippen molar-refractivity contribution >= 4 is 21.7 Å². The Bertz CT molecular complexity index is 822. The zero-order chi connectivity index (χ0) is 19.9. The molecule has 26 heavy (non-hydrogen) atoms. The van der Waals surface area contributed by atoms with Crippen LogP contribution in [0.2, 0.25) is 0 Å². The topological polar surface area (TPSA) is 60.7 Å². The molecule has 0 aliphatic carbocycles. The molecule has 0 bridgehead atoms. The molecule has 1 aromatic heterocycles. The van der Waals surface area contributed by atoms with E-state index in [2.05, 4.69) is 31.5 Å². The van der Waals surface area contributed by atoms with Gasteiger partial charge in [0.15, 0.2) is 11.6 Å². The van der Waals surface area contributed by atoms with Crippen molar-refractivity contribution < 1.29 is 18.0 Å². The number of benzene rings is 1. The highest BCUT2D eigenvalue weighted by Crippen LogP contribution is 2.41. The third kappa shape index (κ3) is 4.31. The summed E-state index contributed by atoms with van der Waals surface area (Å²) in [4.78, 5) is 12.5. The Morgan fingerprint density at radius 1 is 1.12 bits per heavy atom. The maximum Gasteiger partial charge on any atom is 0.394 e. The van der Waals surface area contributed by atoms with E-state index < -0.39 is 23.8 Å². The van der Waals surface area contributed by atoms with Gasteiger partial charge in [-0.15, -0.1) is 5.10 Å². The number of Topliss-reactive ketones (excluding diaryl/α,β-unsaturated/α-hetero) is 1. The molecule has 0 saturated heterocycles. The lowest BCUT2D eigenvalue weighted by atomic mass is 9.85. The second-order valence-electron chi connectivity index (χ2n) is 7.84. The molecule has 0 radical (unpaired) electrons. The van der Waals surface area contributed by atoms with Crippen LogP contribution in [-0.2, 0) is 5.41 Å². The van der Waals surface area contributed by atoms with E-state index in [0.717, 1.165) is 13.8 Å². The average molecular weight is 433 g/mol. The number of hydrogen-bond acceptors (Lipinski definition) is 4. The predicted molar refractivity (Wildman–Crippen MR) is 94.3 cm³/mol. The van der Waals surface area contributed by atoms with Gasteiger partial charge in [-0.05, 0) is 28.6 Å². The van der Waals surface area contributed by atoms with Crippen molar-refractivity contribution in [2.24, 2.45) is 5.41 Å². The molecule has 2 aromatic rings. The third-order valence-electron chi connectivity index (χ3n) is 3.96. The molecule has 142 valence electrons. The zero-order valence-electron chi connectivity index (χ0n) is 15.1. The fourth-order valence-corrected chi connectivity index (χ4v) is 2.77. The van der Waals surface area contributed by atoms with Gasteiger partial charge in [-0.3, -0.25) is 4.79 Å².